The molecule has 1 saturated heterocycles. The van der Waals surface area contributed by atoms with Crippen molar-refractivity contribution in [1.82, 2.24) is 9.97 Å². The SMILES string of the molecule is O=C(O)C1CSCCN1c1cc(=O)[nH]c(C2CC2)n1. The molecule has 1 aliphatic heterocycles. The van der Waals surface area contributed by atoms with E-state index in [-0.39, 0.29) is 5.56 Å². The molecule has 0 bridgehead atoms. The molecule has 1 aromatic rings. The molecule has 1 atom stereocenters. The lowest BCUT2D eigenvalue weighted by atomic mass is 10.2. The van der Waals surface area contributed by atoms with Gasteiger partial charge in [0.2, 0.25) is 0 Å². The van der Waals surface area contributed by atoms with Crippen LogP contribution in [0.15, 0.2) is 10.9 Å². The summed E-state index contributed by atoms with van der Waals surface area (Å²) in [5.41, 5.74) is -0.200. The molecule has 1 saturated carbocycles. The van der Waals surface area contributed by atoms with Gasteiger partial charge in [0.15, 0.2) is 0 Å². The fraction of sp³-hybridized carbons (Fsp3) is 0.583. The zero-order valence-corrected chi connectivity index (χ0v) is 11.2. The van der Waals surface area contributed by atoms with Crippen LogP contribution in [0.2, 0.25) is 0 Å². The maximum atomic E-state index is 11.7. The summed E-state index contributed by atoms with van der Waals surface area (Å²) < 4.78 is 0. The number of aromatic nitrogens is 2. The number of H-pyrrole nitrogens is 1. The maximum absolute atomic E-state index is 11.7. The number of hydrogen-bond donors (Lipinski definition) is 2. The van der Waals surface area contributed by atoms with E-state index in [9.17, 15) is 14.7 Å². The third-order valence-corrected chi connectivity index (χ3v) is 4.44. The van der Waals surface area contributed by atoms with Crippen molar-refractivity contribution in [2.75, 3.05) is 23.0 Å². The molecule has 0 aromatic carbocycles. The van der Waals surface area contributed by atoms with Crippen molar-refractivity contribution in [3.05, 3.63) is 22.2 Å². The minimum atomic E-state index is -0.859. The van der Waals surface area contributed by atoms with E-state index in [1.54, 1.807) is 16.7 Å². The van der Waals surface area contributed by atoms with Crippen LogP contribution >= 0.6 is 11.8 Å². The number of aromatic amines is 1. The van der Waals surface area contributed by atoms with Gasteiger partial charge < -0.3 is 15.0 Å². The summed E-state index contributed by atoms with van der Waals surface area (Å²) in [5.74, 6) is 2.07. The Morgan fingerprint density at radius 1 is 1.53 bits per heavy atom. The Bertz CT molecular complexity index is 555. The van der Waals surface area contributed by atoms with Gasteiger partial charge in [-0.3, -0.25) is 4.79 Å². The molecule has 1 unspecified atom stereocenters. The van der Waals surface area contributed by atoms with Crippen LogP contribution in [-0.2, 0) is 4.79 Å². The number of nitrogens with one attached hydrogen (secondary N) is 1. The average Bonchev–Trinajstić information content (AvgIpc) is 3.22. The second-order valence-electron chi connectivity index (χ2n) is 4.89. The lowest BCUT2D eigenvalue weighted by molar-refractivity contribution is -0.138. The van der Waals surface area contributed by atoms with Crippen LogP contribution in [0.4, 0.5) is 5.82 Å². The summed E-state index contributed by atoms with van der Waals surface area (Å²) in [4.78, 5) is 31.9. The minimum absolute atomic E-state index is 0.200. The summed E-state index contributed by atoms with van der Waals surface area (Å²) in [7, 11) is 0. The summed E-state index contributed by atoms with van der Waals surface area (Å²) in [6, 6.07) is 0.803. The fourth-order valence-electron chi connectivity index (χ4n) is 2.24. The zero-order chi connectivity index (χ0) is 13.4. The van der Waals surface area contributed by atoms with Crippen molar-refractivity contribution in [3.63, 3.8) is 0 Å². The molecular formula is C12H15N3O3S. The largest absolute Gasteiger partial charge is 0.480 e. The second-order valence-corrected chi connectivity index (χ2v) is 6.04. The molecule has 0 amide bonds. The van der Waals surface area contributed by atoms with Gasteiger partial charge in [0, 0.05) is 30.0 Å². The molecule has 19 heavy (non-hydrogen) atoms. The van der Waals surface area contributed by atoms with E-state index in [1.165, 1.54) is 6.07 Å². The topological polar surface area (TPSA) is 86.3 Å². The lowest BCUT2D eigenvalue weighted by Gasteiger charge is -2.33. The smallest absolute Gasteiger partial charge is 0.327 e. The molecule has 7 heteroatoms. The van der Waals surface area contributed by atoms with Crippen molar-refractivity contribution < 1.29 is 9.90 Å². The monoisotopic (exact) mass is 281 g/mol. The van der Waals surface area contributed by atoms with E-state index in [2.05, 4.69) is 9.97 Å². The van der Waals surface area contributed by atoms with Gasteiger partial charge in [0.25, 0.3) is 5.56 Å². The standard InChI is InChI=1S/C12H15N3O3S/c16-10-5-9(13-11(14-10)7-1-2-7)15-3-4-19-6-8(15)12(17)18/h5,7-8H,1-4,6H2,(H,17,18)(H,13,14,16). The van der Waals surface area contributed by atoms with Crippen LogP contribution < -0.4 is 10.5 Å². The molecule has 2 aliphatic rings. The first-order chi connectivity index (χ1) is 9.15. The number of hydrogen-bond acceptors (Lipinski definition) is 5. The Morgan fingerprint density at radius 3 is 3.00 bits per heavy atom. The molecule has 0 spiro atoms. The van der Waals surface area contributed by atoms with E-state index >= 15 is 0 Å². The first-order valence-electron chi connectivity index (χ1n) is 6.33. The van der Waals surface area contributed by atoms with Crippen molar-refractivity contribution in [1.29, 1.82) is 0 Å². The zero-order valence-electron chi connectivity index (χ0n) is 10.3. The van der Waals surface area contributed by atoms with Gasteiger partial charge in [-0.25, -0.2) is 9.78 Å². The average molecular weight is 281 g/mol. The number of carbonyl (C=O) groups is 1. The minimum Gasteiger partial charge on any atom is -0.480 e. The first-order valence-corrected chi connectivity index (χ1v) is 7.49. The second kappa shape index (κ2) is 4.88. The summed E-state index contributed by atoms with van der Waals surface area (Å²) in [6.07, 6.45) is 2.09. The van der Waals surface area contributed by atoms with Crippen molar-refractivity contribution >= 4 is 23.5 Å². The van der Waals surface area contributed by atoms with Crippen LogP contribution in [0, 0.1) is 0 Å². The maximum Gasteiger partial charge on any atom is 0.327 e. The van der Waals surface area contributed by atoms with Crippen molar-refractivity contribution in [3.8, 4) is 0 Å². The van der Waals surface area contributed by atoms with E-state index < -0.39 is 12.0 Å². The van der Waals surface area contributed by atoms with Crippen LogP contribution in [-0.4, -0.2) is 45.1 Å². The van der Waals surface area contributed by atoms with E-state index in [4.69, 9.17) is 0 Å². The van der Waals surface area contributed by atoms with Gasteiger partial charge in [0.1, 0.15) is 17.7 Å². The summed E-state index contributed by atoms with van der Waals surface area (Å²) >= 11 is 1.62. The Balaban J connectivity index is 1.94. The van der Waals surface area contributed by atoms with E-state index in [0.29, 0.717) is 29.9 Å². The normalized spacial score (nSPS) is 23.4. The predicted octanol–water partition coefficient (Wildman–Crippen LogP) is 0.654. The van der Waals surface area contributed by atoms with E-state index in [0.717, 1.165) is 18.6 Å². The van der Waals surface area contributed by atoms with Crippen molar-refractivity contribution in [2.45, 2.75) is 24.8 Å². The van der Waals surface area contributed by atoms with Crippen LogP contribution in [0.1, 0.15) is 24.6 Å². The Hall–Kier alpha value is -1.50. The predicted molar refractivity (Wildman–Crippen MR) is 72.9 cm³/mol. The number of carboxylic acids is 1. The molecule has 0 radical (unpaired) electrons. The molecule has 102 valence electrons. The highest BCUT2D eigenvalue weighted by Crippen LogP contribution is 2.38. The Kier molecular flexibility index (Phi) is 3.22. The molecule has 3 rings (SSSR count). The number of anilines is 1. The van der Waals surface area contributed by atoms with Crippen LogP contribution in [0.3, 0.4) is 0 Å². The molecular weight excluding hydrogens is 266 g/mol. The Labute approximate surface area is 114 Å². The highest BCUT2D eigenvalue weighted by Gasteiger charge is 2.32. The van der Waals surface area contributed by atoms with E-state index in [1.807, 2.05) is 0 Å². The Morgan fingerprint density at radius 2 is 2.32 bits per heavy atom. The number of rotatable bonds is 3. The van der Waals surface area contributed by atoms with Crippen LogP contribution in [0.25, 0.3) is 0 Å². The molecule has 2 N–H and O–H groups in total. The fourth-order valence-corrected chi connectivity index (χ4v) is 3.28. The van der Waals surface area contributed by atoms with Gasteiger partial charge in [0.05, 0.1) is 0 Å². The third-order valence-electron chi connectivity index (χ3n) is 3.42. The molecule has 2 fully saturated rings. The number of thioether (sulfide) groups is 1. The summed E-state index contributed by atoms with van der Waals surface area (Å²) in [6.45, 7) is 0.613. The van der Waals surface area contributed by atoms with Gasteiger partial charge in [-0.15, -0.1) is 0 Å². The molecule has 6 nitrogen and oxygen atoms in total. The third kappa shape index (κ3) is 2.60. The first kappa shape index (κ1) is 12.5. The van der Waals surface area contributed by atoms with Gasteiger partial charge in [-0.1, -0.05) is 0 Å². The quantitative estimate of drug-likeness (QED) is 0.846. The van der Waals surface area contributed by atoms with Gasteiger partial charge in [-0.05, 0) is 12.8 Å². The summed E-state index contributed by atoms with van der Waals surface area (Å²) in [5, 5.41) is 9.26. The van der Waals surface area contributed by atoms with Crippen LogP contribution in [0.5, 0.6) is 0 Å². The number of carboxylic acid groups (broad SMARTS) is 1. The number of nitrogens with zero attached hydrogens (tertiary/aromatic N) is 2. The highest BCUT2D eigenvalue weighted by molar-refractivity contribution is 7.99. The number of aliphatic carboxylic acids is 1. The van der Waals surface area contributed by atoms with Gasteiger partial charge in [-0.2, -0.15) is 11.8 Å². The van der Waals surface area contributed by atoms with Crippen molar-refractivity contribution in [2.24, 2.45) is 0 Å². The highest BCUT2D eigenvalue weighted by atomic mass is 32.2. The van der Waals surface area contributed by atoms with Gasteiger partial charge >= 0.3 is 5.97 Å². The molecule has 1 aliphatic carbocycles. The lowest BCUT2D eigenvalue weighted by Crippen LogP contribution is -2.48. The molecule has 1 aromatic heterocycles. The molecule has 2 heterocycles.